The molecule has 18 heavy (non-hydrogen) atoms. The van der Waals surface area contributed by atoms with Gasteiger partial charge in [0.2, 0.25) is 0 Å². The lowest BCUT2D eigenvalue weighted by molar-refractivity contribution is 0.952. The highest BCUT2D eigenvalue weighted by Gasteiger charge is 2.05. The van der Waals surface area contributed by atoms with Crippen LogP contribution in [0.5, 0.6) is 0 Å². The number of anilines is 1. The first-order valence-corrected chi connectivity index (χ1v) is 6.00. The van der Waals surface area contributed by atoms with E-state index in [0.29, 0.717) is 0 Å². The third-order valence-corrected chi connectivity index (χ3v) is 3.15. The lowest BCUT2D eigenvalue weighted by Gasteiger charge is -2.13. The highest BCUT2D eigenvalue weighted by molar-refractivity contribution is 5.82. The predicted octanol–water partition coefficient (Wildman–Crippen LogP) is 3.53. The van der Waals surface area contributed by atoms with Crippen molar-refractivity contribution in [1.82, 2.24) is 9.66 Å². The summed E-state index contributed by atoms with van der Waals surface area (Å²) in [5.41, 5.74) is 8.03. The Morgan fingerprint density at radius 3 is 2.78 bits per heavy atom. The molecule has 0 bridgehead atoms. The van der Waals surface area contributed by atoms with E-state index in [1.807, 2.05) is 12.3 Å². The van der Waals surface area contributed by atoms with Gasteiger partial charge in [0, 0.05) is 23.5 Å². The molecule has 3 nitrogen and oxygen atoms in total. The molecule has 2 heterocycles. The van der Waals surface area contributed by atoms with E-state index in [2.05, 4.69) is 59.3 Å². The summed E-state index contributed by atoms with van der Waals surface area (Å²) in [5.74, 6) is 0. The van der Waals surface area contributed by atoms with Crippen LogP contribution in [0.4, 0.5) is 5.69 Å². The highest BCUT2D eigenvalue weighted by Crippen LogP contribution is 2.21. The van der Waals surface area contributed by atoms with Crippen LogP contribution in [0.1, 0.15) is 11.3 Å². The predicted molar refractivity (Wildman–Crippen MR) is 74.7 cm³/mol. The Balaban J connectivity index is 2.10. The molecule has 2 aromatic heterocycles. The molecule has 0 radical (unpaired) electrons. The van der Waals surface area contributed by atoms with Crippen molar-refractivity contribution in [3.05, 3.63) is 60.0 Å². The van der Waals surface area contributed by atoms with E-state index in [0.717, 1.165) is 11.3 Å². The van der Waals surface area contributed by atoms with Gasteiger partial charge in [-0.2, -0.15) is 0 Å². The fourth-order valence-electron chi connectivity index (χ4n) is 2.16. The van der Waals surface area contributed by atoms with E-state index < -0.39 is 0 Å². The van der Waals surface area contributed by atoms with Crippen molar-refractivity contribution in [2.45, 2.75) is 13.8 Å². The Hall–Kier alpha value is -2.29. The van der Waals surface area contributed by atoms with Crippen LogP contribution in [0.2, 0.25) is 0 Å². The molecule has 0 aliphatic heterocycles. The summed E-state index contributed by atoms with van der Waals surface area (Å²) >= 11 is 0. The SMILES string of the molecule is Cc1cnccc1Nn1c(C)cc2ccccc21. The molecule has 0 aliphatic rings. The topological polar surface area (TPSA) is 29.9 Å². The summed E-state index contributed by atoms with van der Waals surface area (Å²) in [6, 6.07) is 12.5. The van der Waals surface area contributed by atoms with Gasteiger partial charge in [0.05, 0.1) is 11.2 Å². The smallest absolute Gasteiger partial charge is 0.0699 e. The average Bonchev–Trinajstić information content (AvgIpc) is 2.69. The lowest BCUT2D eigenvalue weighted by atomic mass is 10.2. The molecule has 0 saturated carbocycles. The molecule has 0 spiro atoms. The van der Waals surface area contributed by atoms with Crippen molar-refractivity contribution in [3.8, 4) is 0 Å². The summed E-state index contributed by atoms with van der Waals surface area (Å²) in [5, 5.41) is 1.24. The number of pyridine rings is 1. The van der Waals surface area contributed by atoms with Gasteiger partial charge in [-0.05, 0) is 37.6 Å². The molecule has 0 saturated heterocycles. The second kappa shape index (κ2) is 4.18. The number of rotatable bonds is 2. The Labute approximate surface area is 106 Å². The summed E-state index contributed by atoms with van der Waals surface area (Å²) in [4.78, 5) is 4.11. The normalized spacial score (nSPS) is 10.8. The lowest BCUT2D eigenvalue weighted by Crippen LogP contribution is -2.11. The van der Waals surface area contributed by atoms with E-state index in [1.54, 1.807) is 6.20 Å². The largest absolute Gasteiger partial charge is 0.294 e. The molecule has 0 fully saturated rings. The zero-order chi connectivity index (χ0) is 12.5. The average molecular weight is 237 g/mol. The van der Waals surface area contributed by atoms with Crippen molar-refractivity contribution in [3.63, 3.8) is 0 Å². The van der Waals surface area contributed by atoms with E-state index >= 15 is 0 Å². The number of fused-ring (bicyclic) bond motifs is 1. The van der Waals surface area contributed by atoms with Gasteiger partial charge in [-0.15, -0.1) is 0 Å². The number of aromatic nitrogens is 2. The molecule has 3 aromatic rings. The number of benzene rings is 1. The summed E-state index contributed by atoms with van der Waals surface area (Å²) in [6.45, 7) is 4.15. The van der Waals surface area contributed by atoms with Gasteiger partial charge in [-0.1, -0.05) is 18.2 Å². The quantitative estimate of drug-likeness (QED) is 0.739. The Bertz CT molecular complexity index is 698. The first kappa shape index (κ1) is 10.8. The highest BCUT2D eigenvalue weighted by atomic mass is 15.4. The van der Waals surface area contributed by atoms with Gasteiger partial charge in [-0.3, -0.25) is 15.1 Å². The monoisotopic (exact) mass is 237 g/mol. The zero-order valence-electron chi connectivity index (χ0n) is 10.5. The summed E-state index contributed by atoms with van der Waals surface area (Å²) in [6.07, 6.45) is 3.67. The van der Waals surface area contributed by atoms with Crippen molar-refractivity contribution in [1.29, 1.82) is 0 Å². The fourth-order valence-corrected chi connectivity index (χ4v) is 2.16. The molecule has 90 valence electrons. The molecule has 3 heteroatoms. The maximum Gasteiger partial charge on any atom is 0.0699 e. The van der Waals surface area contributed by atoms with Crippen LogP contribution in [-0.4, -0.2) is 9.66 Å². The number of nitrogens with one attached hydrogen (secondary N) is 1. The Morgan fingerprint density at radius 1 is 1.11 bits per heavy atom. The molecule has 1 aromatic carbocycles. The number of para-hydroxylation sites is 1. The first-order valence-electron chi connectivity index (χ1n) is 6.00. The summed E-state index contributed by atoms with van der Waals surface area (Å²) < 4.78 is 2.11. The molecule has 0 atom stereocenters. The third kappa shape index (κ3) is 1.74. The minimum Gasteiger partial charge on any atom is -0.294 e. The zero-order valence-corrected chi connectivity index (χ0v) is 10.5. The first-order chi connectivity index (χ1) is 8.75. The van der Waals surface area contributed by atoms with Gasteiger partial charge < -0.3 is 0 Å². The molecular weight excluding hydrogens is 222 g/mol. The van der Waals surface area contributed by atoms with Gasteiger partial charge in [0.1, 0.15) is 0 Å². The maximum atomic E-state index is 4.11. The van der Waals surface area contributed by atoms with Crippen molar-refractivity contribution in [2.75, 3.05) is 5.43 Å². The van der Waals surface area contributed by atoms with Crippen LogP contribution in [0.3, 0.4) is 0 Å². The van der Waals surface area contributed by atoms with Crippen molar-refractivity contribution in [2.24, 2.45) is 0 Å². The Morgan fingerprint density at radius 2 is 1.94 bits per heavy atom. The Kier molecular flexibility index (Phi) is 2.52. The molecule has 1 N–H and O–H groups in total. The van der Waals surface area contributed by atoms with Gasteiger partial charge in [0.15, 0.2) is 0 Å². The van der Waals surface area contributed by atoms with Crippen molar-refractivity contribution >= 4 is 16.6 Å². The number of hydrogen-bond donors (Lipinski definition) is 1. The number of hydrogen-bond acceptors (Lipinski definition) is 2. The second-order valence-electron chi connectivity index (χ2n) is 4.48. The molecule has 0 amide bonds. The van der Waals surface area contributed by atoms with Crippen LogP contribution in [0.25, 0.3) is 10.9 Å². The molecule has 3 rings (SSSR count). The minimum atomic E-state index is 1.08. The molecule has 0 aliphatic carbocycles. The van der Waals surface area contributed by atoms with Crippen LogP contribution in [-0.2, 0) is 0 Å². The third-order valence-electron chi connectivity index (χ3n) is 3.15. The standard InChI is InChI=1S/C15H15N3/c1-11-10-16-8-7-14(11)17-18-12(2)9-13-5-3-4-6-15(13)18/h3-10H,1-2H3,(H,16,17). The van der Waals surface area contributed by atoms with Crippen LogP contribution in [0.15, 0.2) is 48.8 Å². The second-order valence-corrected chi connectivity index (χ2v) is 4.48. The van der Waals surface area contributed by atoms with E-state index in [1.165, 1.54) is 16.6 Å². The molecular formula is C15H15N3. The van der Waals surface area contributed by atoms with Crippen molar-refractivity contribution < 1.29 is 0 Å². The van der Waals surface area contributed by atoms with Crippen LogP contribution < -0.4 is 5.43 Å². The summed E-state index contributed by atoms with van der Waals surface area (Å²) in [7, 11) is 0. The van der Waals surface area contributed by atoms with E-state index in [4.69, 9.17) is 0 Å². The minimum absolute atomic E-state index is 1.08. The van der Waals surface area contributed by atoms with Gasteiger partial charge in [-0.25, -0.2) is 0 Å². The van der Waals surface area contributed by atoms with Gasteiger partial charge in [0.25, 0.3) is 0 Å². The van der Waals surface area contributed by atoms with E-state index in [9.17, 15) is 0 Å². The van der Waals surface area contributed by atoms with E-state index in [-0.39, 0.29) is 0 Å². The number of aryl methyl sites for hydroxylation is 2. The maximum absolute atomic E-state index is 4.11. The van der Waals surface area contributed by atoms with Crippen LogP contribution in [0, 0.1) is 13.8 Å². The molecule has 0 unspecified atom stereocenters. The fraction of sp³-hybridized carbons (Fsp3) is 0.133. The van der Waals surface area contributed by atoms with Crippen LogP contribution >= 0.6 is 0 Å². The van der Waals surface area contributed by atoms with Gasteiger partial charge >= 0.3 is 0 Å². The number of nitrogens with zero attached hydrogens (tertiary/aromatic N) is 2.